The molecule has 3 heterocycles. The maximum Gasteiger partial charge on any atom is 0.330 e. The number of aromatic nitrogens is 4. The minimum atomic E-state index is -4.04. The standard InChI is InChI=1S/C18H23N5O5S/c1-11-19-14-12(15(24)20-11)4-5-18(14)6-8-23(9-7-18)29(27,28)13-10-21(2)17(26)22(3)16(13)25/h10H,4-9H2,1-3H3,(H,19,20,24). The van der Waals surface area contributed by atoms with Gasteiger partial charge in [0, 0.05) is 44.4 Å². The highest BCUT2D eigenvalue weighted by molar-refractivity contribution is 7.89. The predicted octanol–water partition coefficient (Wildman–Crippen LogP) is -0.856. The molecule has 10 nitrogen and oxygen atoms in total. The SMILES string of the molecule is Cc1nc2c(c(=O)[nH]1)CCC21CCN(S(=O)(=O)c2cn(C)c(=O)n(C)c2=O)CC1. The summed E-state index contributed by atoms with van der Waals surface area (Å²) in [6.07, 6.45) is 3.53. The van der Waals surface area contributed by atoms with E-state index >= 15 is 0 Å². The van der Waals surface area contributed by atoms with Crippen LogP contribution in [0.5, 0.6) is 0 Å². The van der Waals surface area contributed by atoms with Gasteiger partial charge in [0.2, 0.25) is 10.0 Å². The lowest BCUT2D eigenvalue weighted by Gasteiger charge is -2.38. The van der Waals surface area contributed by atoms with Gasteiger partial charge in [-0.1, -0.05) is 0 Å². The lowest BCUT2D eigenvalue weighted by Crippen LogP contribution is -2.47. The van der Waals surface area contributed by atoms with Gasteiger partial charge in [0.15, 0.2) is 4.90 Å². The van der Waals surface area contributed by atoms with Gasteiger partial charge in [-0.2, -0.15) is 4.31 Å². The van der Waals surface area contributed by atoms with Crippen LogP contribution in [0.4, 0.5) is 0 Å². The highest BCUT2D eigenvalue weighted by Crippen LogP contribution is 2.44. The average molecular weight is 421 g/mol. The van der Waals surface area contributed by atoms with E-state index in [1.54, 1.807) is 6.92 Å². The van der Waals surface area contributed by atoms with Crippen LogP contribution in [-0.4, -0.2) is 44.9 Å². The number of rotatable bonds is 2. The maximum atomic E-state index is 13.1. The quantitative estimate of drug-likeness (QED) is 0.673. The Bertz CT molecular complexity index is 1280. The van der Waals surface area contributed by atoms with E-state index in [0.29, 0.717) is 30.7 Å². The Kier molecular flexibility index (Phi) is 4.43. The van der Waals surface area contributed by atoms with Crippen LogP contribution in [0.1, 0.15) is 36.3 Å². The molecule has 1 aliphatic carbocycles. The number of H-pyrrole nitrogens is 1. The first-order valence-corrected chi connectivity index (χ1v) is 10.9. The minimum Gasteiger partial charge on any atom is -0.311 e. The van der Waals surface area contributed by atoms with E-state index in [1.807, 2.05) is 0 Å². The molecule has 0 atom stereocenters. The molecule has 0 radical (unpaired) electrons. The number of nitrogens with one attached hydrogen (secondary N) is 1. The van der Waals surface area contributed by atoms with E-state index in [9.17, 15) is 22.8 Å². The van der Waals surface area contributed by atoms with Crippen molar-refractivity contribution < 1.29 is 8.42 Å². The van der Waals surface area contributed by atoms with Crippen molar-refractivity contribution in [1.29, 1.82) is 0 Å². The summed E-state index contributed by atoms with van der Waals surface area (Å²) in [5, 5.41) is 0. The molecule has 29 heavy (non-hydrogen) atoms. The zero-order valence-corrected chi connectivity index (χ0v) is 17.4. The Balaban J connectivity index is 1.66. The van der Waals surface area contributed by atoms with Crippen LogP contribution < -0.4 is 16.8 Å². The van der Waals surface area contributed by atoms with E-state index in [2.05, 4.69) is 9.97 Å². The Morgan fingerprint density at radius 1 is 1.10 bits per heavy atom. The largest absolute Gasteiger partial charge is 0.330 e. The van der Waals surface area contributed by atoms with E-state index in [0.717, 1.165) is 27.4 Å². The zero-order valence-electron chi connectivity index (χ0n) is 16.6. The monoisotopic (exact) mass is 421 g/mol. The minimum absolute atomic E-state index is 0.117. The first kappa shape index (κ1) is 19.8. The molecule has 0 saturated carbocycles. The van der Waals surface area contributed by atoms with Gasteiger partial charge < -0.3 is 9.55 Å². The zero-order chi connectivity index (χ0) is 21.1. The third-order valence-electron chi connectivity index (χ3n) is 6.20. The van der Waals surface area contributed by atoms with Crippen molar-refractivity contribution in [2.24, 2.45) is 14.1 Å². The molecule has 0 unspecified atom stereocenters. The summed E-state index contributed by atoms with van der Waals surface area (Å²) in [5.41, 5.74) is -0.362. The Labute approximate surface area is 166 Å². The fourth-order valence-electron chi connectivity index (χ4n) is 4.50. The molecule has 1 saturated heterocycles. The summed E-state index contributed by atoms with van der Waals surface area (Å²) in [4.78, 5) is 43.4. The first-order chi connectivity index (χ1) is 13.6. The Morgan fingerprint density at radius 2 is 1.76 bits per heavy atom. The van der Waals surface area contributed by atoms with Crippen molar-refractivity contribution in [3.05, 3.63) is 54.5 Å². The molecule has 2 aliphatic rings. The van der Waals surface area contributed by atoms with Crippen molar-refractivity contribution in [3.8, 4) is 0 Å². The first-order valence-electron chi connectivity index (χ1n) is 9.44. The van der Waals surface area contributed by atoms with E-state index in [1.165, 1.54) is 18.4 Å². The molecule has 0 aromatic carbocycles. The van der Waals surface area contributed by atoms with Crippen LogP contribution in [0.25, 0.3) is 0 Å². The molecule has 1 fully saturated rings. The molecule has 4 rings (SSSR count). The van der Waals surface area contributed by atoms with Crippen molar-refractivity contribution in [3.63, 3.8) is 0 Å². The number of nitrogens with zero attached hydrogens (tertiary/aromatic N) is 4. The average Bonchev–Trinajstić information content (AvgIpc) is 3.01. The van der Waals surface area contributed by atoms with Crippen LogP contribution in [0.15, 0.2) is 25.5 Å². The molecule has 1 N–H and O–H groups in total. The topological polar surface area (TPSA) is 127 Å². The van der Waals surface area contributed by atoms with Gasteiger partial charge in [-0.3, -0.25) is 14.2 Å². The number of hydrogen-bond acceptors (Lipinski definition) is 6. The Morgan fingerprint density at radius 3 is 2.41 bits per heavy atom. The summed E-state index contributed by atoms with van der Waals surface area (Å²) in [6, 6.07) is 0. The highest BCUT2D eigenvalue weighted by atomic mass is 32.2. The van der Waals surface area contributed by atoms with Crippen LogP contribution in [0.3, 0.4) is 0 Å². The third kappa shape index (κ3) is 2.91. The fourth-order valence-corrected chi connectivity index (χ4v) is 6.09. The molecule has 0 amide bonds. The van der Waals surface area contributed by atoms with Gasteiger partial charge in [0.05, 0.1) is 5.69 Å². The van der Waals surface area contributed by atoms with Gasteiger partial charge in [-0.15, -0.1) is 0 Å². The molecule has 11 heteroatoms. The summed E-state index contributed by atoms with van der Waals surface area (Å²) < 4.78 is 29.4. The van der Waals surface area contributed by atoms with Crippen molar-refractivity contribution >= 4 is 10.0 Å². The highest BCUT2D eigenvalue weighted by Gasteiger charge is 2.46. The van der Waals surface area contributed by atoms with Gasteiger partial charge in [0.25, 0.3) is 11.1 Å². The third-order valence-corrected chi connectivity index (χ3v) is 8.08. The fraction of sp³-hybridized carbons (Fsp3) is 0.556. The molecular formula is C18H23N5O5S. The normalized spacial score (nSPS) is 18.9. The summed E-state index contributed by atoms with van der Waals surface area (Å²) >= 11 is 0. The molecule has 0 bridgehead atoms. The van der Waals surface area contributed by atoms with Gasteiger partial charge in [-0.25, -0.2) is 18.2 Å². The van der Waals surface area contributed by atoms with Crippen LogP contribution in [0.2, 0.25) is 0 Å². The number of aromatic amines is 1. The summed E-state index contributed by atoms with van der Waals surface area (Å²) in [7, 11) is -1.37. The second-order valence-electron chi connectivity index (χ2n) is 7.91. The van der Waals surface area contributed by atoms with E-state index in [4.69, 9.17) is 0 Å². The lowest BCUT2D eigenvalue weighted by molar-refractivity contribution is 0.227. The molecular weight excluding hydrogens is 398 g/mol. The second-order valence-corrected chi connectivity index (χ2v) is 9.82. The molecule has 1 spiro atoms. The number of sulfonamides is 1. The van der Waals surface area contributed by atoms with E-state index in [-0.39, 0.29) is 24.1 Å². The molecule has 2 aromatic rings. The maximum absolute atomic E-state index is 13.1. The number of aryl methyl sites for hydroxylation is 2. The van der Waals surface area contributed by atoms with Gasteiger partial charge >= 0.3 is 5.69 Å². The van der Waals surface area contributed by atoms with Crippen LogP contribution in [0, 0.1) is 6.92 Å². The molecule has 2 aromatic heterocycles. The number of piperidine rings is 1. The van der Waals surface area contributed by atoms with Crippen LogP contribution in [-0.2, 0) is 36.0 Å². The van der Waals surface area contributed by atoms with E-state index < -0.39 is 26.2 Å². The smallest absolute Gasteiger partial charge is 0.311 e. The van der Waals surface area contributed by atoms with Gasteiger partial charge in [-0.05, 0) is 32.6 Å². The summed E-state index contributed by atoms with van der Waals surface area (Å²) in [5.74, 6) is 0.554. The lowest BCUT2D eigenvalue weighted by atomic mass is 9.76. The van der Waals surface area contributed by atoms with Crippen molar-refractivity contribution in [1.82, 2.24) is 23.4 Å². The van der Waals surface area contributed by atoms with Crippen LogP contribution >= 0.6 is 0 Å². The van der Waals surface area contributed by atoms with Crippen molar-refractivity contribution in [2.75, 3.05) is 13.1 Å². The number of fused-ring (bicyclic) bond motifs is 2. The number of hydrogen-bond donors (Lipinski definition) is 1. The summed E-state index contributed by atoms with van der Waals surface area (Å²) in [6.45, 7) is 2.19. The molecule has 156 valence electrons. The molecule has 1 aliphatic heterocycles. The second kappa shape index (κ2) is 6.49. The Hall–Kier alpha value is -2.53. The van der Waals surface area contributed by atoms with Gasteiger partial charge in [0.1, 0.15) is 5.82 Å². The van der Waals surface area contributed by atoms with Crippen molar-refractivity contribution in [2.45, 2.75) is 42.9 Å². The predicted molar refractivity (Wildman–Crippen MR) is 105 cm³/mol.